The van der Waals surface area contributed by atoms with E-state index < -0.39 is 0 Å². The maximum absolute atomic E-state index is 12.1. The smallest absolute Gasteiger partial charge is 0.245 e. The van der Waals surface area contributed by atoms with Crippen LogP contribution >= 0.6 is 12.2 Å². The lowest BCUT2D eigenvalue weighted by molar-refractivity contribution is -0.134. The third-order valence-electron chi connectivity index (χ3n) is 4.01. The second-order valence-corrected chi connectivity index (χ2v) is 6.40. The molecule has 0 atom stereocenters. The summed E-state index contributed by atoms with van der Waals surface area (Å²) < 4.78 is 7.71. The van der Waals surface area contributed by atoms with Gasteiger partial charge in [-0.15, -0.1) is 0 Å². The summed E-state index contributed by atoms with van der Waals surface area (Å²) in [6.07, 6.45) is 0.215. The van der Waals surface area contributed by atoms with Crippen LogP contribution in [-0.4, -0.2) is 27.3 Å². The molecule has 3 aromatic rings. The molecule has 3 rings (SSSR count). The Morgan fingerprint density at radius 2 is 1.93 bits per heavy atom. The fourth-order valence-corrected chi connectivity index (χ4v) is 2.87. The topological polar surface area (TPSA) is 81.2 Å². The maximum Gasteiger partial charge on any atom is 0.245 e. The van der Waals surface area contributed by atoms with E-state index in [0.717, 1.165) is 16.9 Å². The minimum absolute atomic E-state index is 0.215. The summed E-state index contributed by atoms with van der Waals surface area (Å²) >= 11 is 5.30. The van der Waals surface area contributed by atoms with Gasteiger partial charge in [-0.1, -0.05) is 30.3 Å². The van der Waals surface area contributed by atoms with E-state index in [1.54, 1.807) is 4.57 Å². The number of aromatic amines is 1. The lowest BCUT2D eigenvalue weighted by atomic mass is 10.2. The molecule has 1 aromatic heterocycles. The summed E-state index contributed by atoms with van der Waals surface area (Å²) in [6.45, 7) is 3.25. The van der Waals surface area contributed by atoms with E-state index >= 15 is 0 Å². The summed E-state index contributed by atoms with van der Waals surface area (Å²) in [7, 11) is 0. The Bertz CT molecular complexity index is 952. The van der Waals surface area contributed by atoms with Gasteiger partial charge in [-0.25, -0.2) is 5.48 Å². The summed E-state index contributed by atoms with van der Waals surface area (Å²) in [6, 6.07) is 17.2. The van der Waals surface area contributed by atoms with Crippen molar-refractivity contribution in [3.63, 3.8) is 0 Å². The van der Waals surface area contributed by atoms with Crippen molar-refractivity contribution in [3.05, 3.63) is 64.9 Å². The van der Waals surface area contributed by atoms with Crippen LogP contribution < -0.4 is 10.2 Å². The van der Waals surface area contributed by atoms with E-state index in [1.165, 1.54) is 0 Å². The molecule has 7 nitrogen and oxygen atoms in total. The minimum Gasteiger partial charge on any atom is -0.494 e. The normalized spacial score (nSPS) is 10.6. The molecule has 28 heavy (non-hydrogen) atoms. The number of ether oxygens (including phenoxy) is 1. The van der Waals surface area contributed by atoms with Crippen molar-refractivity contribution in [1.29, 1.82) is 0 Å². The summed E-state index contributed by atoms with van der Waals surface area (Å²) in [5.74, 6) is 1.24. The number of hydroxylamine groups is 1. The van der Waals surface area contributed by atoms with E-state index in [1.807, 2.05) is 61.5 Å². The first kappa shape index (κ1) is 19.8. The van der Waals surface area contributed by atoms with E-state index in [-0.39, 0.29) is 12.3 Å². The van der Waals surface area contributed by atoms with Gasteiger partial charge >= 0.3 is 0 Å². The summed E-state index contributed by atoms with van der Waals surface area (Å²) in [5.41, 5.74) is 4.33. The van der Waals surface area contributed by atoms with Crippen molar-refractivity contribution >= 4 is 18.1 Å². The summed E-state index contributed by atoms with van der Waals surface area (Å²) in [5, 5.41) is 7.07. The molecular weight excluding hydrogens is 376 g/mol. The number of nitrogens with zero attached hydrogens (tertiary/aromatic N) is 2. The molecule has 0 aliphatic heterocycles. The fourth-order valence-electron chi connectivity index (χ4n) is 2.65. The number of rotatable bonds is 9. The third kappa shape index (κ3) is 5.28. The highest BCUT2D eigenvalue weighted by Gasteiger charge is 2.11. The summed E-state index contributed by atoms with van der Waals surface area (Å²) in [4.78, 5) is 17.3. The lowest BCUT2D eigenvalue weighted by Crippen LogP contribution is -2.24. The highest BCUT2D eigenvalue weighted by Crippen LogP contribution is 2.21. The molecule has 0 radical (unpaired) electrons. The number of benzene rings is 2. The molecule has 2 N–H and O–H groups in total. The van der Waals surface area contributed by atoms with E-state index in [0.29, 0.717) is 30.4 Å². The van der Waals surface area contributed by atoms with Gasteiger partial charge in [0.15, 0.2) is 10.6 Å². The zero-order valence-corrected chi connectivity index (χ0v) is 16.4. The van der Waals surface area contributed by atoms with E-state index in [9.17, 15) is 4.79 Å². The molecule has 8 heteroatoms. The van der Waals surface area contributed by atoms with Crippen LogP contribution in [0.2, 0.25) is 0 Å². The Hall–Kier alpha value is -2.97. The van der Waals surface area contributed by atoms with Crippen LogP contribution in [0, 0.1) is 4.77 Å². The first-order chi connectivity index (χ1) is 13.7. The standard InChI is InChI=1S/C20H22N4O3S/c1-2-26-17-10-8-16(9-11-17)19-21-22-20(28)24(19)13-12-18(25)23-27-14-15-6-4-3-5-7-15/h3-11H,2,12-14H2,1H3,(H,22,28)(H,23,25). The number of carbonyl (C=O) groups excluding carboxylic acids is 1. The van der Waals surface area contributed by atoms with E-state index in [2.05, 4.69) is 15.7 Å². The minimum atomic E-state index is -0.225. The first-order valence-electron chi connectivity index (χ1n) is 9.00. The molecule has 0 saturated carbocycles. The van der Waals surface area contributed by atoms with Crippen molar-refractivity contribution in [2.24, 2.45) is 0 Å². The second kappa shape index (κ2) is 9.82. The first-order valence-corrected chi connectivity index (χ1v) is 9.41. The lowest BCUT2D eigenvalue weighted by Gasteiger charge is -2.09. The monoisotopic (exact) mass is 398 g/mol. The number of H-pyrrole nitrogens is 1. The molecule has 0 aliphatic carbocycles. The molecule has 2 aromatic carbocycles. The number of hydrogen-bond acceptors (Lipinski definition) is 5. The number of aromatic nitrogens is 3. The van der Waals surface area contributed by atoms with Crippen molar-refractivity contribution in [3.8, 4) is 17.1 Å². The van der Waals surface area contributed by atoms with Gasteiger partial charge < -0.3 is 4.74 Å². The zero-order chi connectivity index (χ0) is 19.8. The van der Waals surface area contributed by atoms with Crippen LogP contribution in [0.15, 0.2) is 54.6 Å². The number of carbonyl (C=O) groups is 1. The van der Waals surface area contributed by atoms with Gasteiger partial charge in [-0.3, -0.25) is 19.3 Å². The molecular formula is C20H22N4O3S. The van der Waals surface area contributed by atoms with Crippen LogP contribution in [0.1, 0.15) is 18.9 Å². The van der Waals surface area contributed by atoms with Crippen LogP contribution in [0.25, 0.3) is 11.4 Å². The largest absolute Gasteiger partial charge is 0.494 e. The van der Waals surface area contributed by atoms with Crippen LogP contribution in [0.3, 0.4) is 0 Å². The predicted octanol–water partition coefficient (Wildman–Crippen LogP) is 3.64. The van der Waals surface area contributed by atoms with Gasteiger partial charge in [-0.05, 0) is 49.0 Å². The third-order valence-corrected chi connectivity index (χ3v) is 4.32. The Kier molecular flexibility index (Phi) is 6.94. The van der Waals surface area contributed by atoms with E-state index in [4.69, 9.17) is 21.8 Å². The second-order valence-electron chi connectivity index (χ2n) is 6.01. The molecule has 1 heterocycles. The quantitative estimate of drug-likeness (QED) is 0.425. The molecule has 0 spiro atoms. The van der Waals surface area contributed by atoms with Gasteiger partial charge in [0.1, 0.15) is 5.75 Å². The number of hydrogen-bond donors (Lipinski definition) is 2. The predicted molar refractivity (Wildman–Crippen MR) is 108 cm³/mol. The van der Waals surface area contributed by atoms with Gasteiger partial charge in [0, 0.05) is 18.5 Å². The van der Waals surface area contributed by atoms with Gasteiger partial charge in [0.25, 0.3) is 0 Å². The molecule has 0 bridgehead atoms. The Morgan fingerprint density at radius 3 is 2.64 bits per heavy atom. The Labute approximate surface area is 168 Å². The molecule has 0 unspecified atom stereocenters. The van der Waals surface area contributed by atoms with Crippen LogP contribution in [0.4, 0.5) is 0 Å². The van der Waals surface area contributed by atoms with Crippen molar-refractivity contribution in [1.82, 2.24) is 20.2 Å². The fraction of sp³-hybridized carbons (Fsp3) is 0.250. The van der Waals surface area contributed by atoms with Gasteiger partial charge in [0.2, 0.25) is 5.91 Å². The van der Waals surface area contributed by atoms with Crippen molar-refractivity contribution in [2.45, 2.75) is 26.5 Å². The highest BCUT2D eigenvalue weighted by atomic mass is 32.1. The van der Waals surface area contributed by atoms with Crippen LogP contribution in [-0.2, 0) is 22.8 Å². The Morgan fingerprint density at radius 1 is 1.18 bits per heavy atom. The number of amides is 1. The van der Waals surface area contributed by atoms with Crippen LogP contribution in [0.5, 0.6) is 5.75 Å². The molecule has 1 amide bonds. The molecule has 0 aliphatic rings. The molecule has 146 valence electrons. The number of nitrogens with one attached hydrogen (secondary N) is 2. The molecule has 0 fully saturated rings. The van der Waals surface area contributed by atoms with Crippen molar-refractivity contribution in [2.75, 3.05) is 6.61 Å². The molecule has 0 saturated heterocycles. The SMILES string of the molecule is CCOc1ccc(-c2n[nH]c(=S)n2CCC(=O)NOCc2ccccc2)cc1. The van der Waals surface area contributed by atoms with Gasteiger partial charge in [-0.2, -0.15) is 5.10 Å². The average Bonchev–Trinajstić information content (AvgIpc) is 3.08. The van der Waals surface area contributed by atoms with Crippen molar-refractivity contribution < 1.29 is 14.4 Å². The van der Waals surface area contributed by atoms with Gasteiger partial charge in [0.05, 0.1) is 13.2 Å². The Balaban J connectivity index is 1.56. The average molecular weight is 398 g/mol. The zero-order valence-electron chi connectivity index (χ0n) is 15.6. The maximum atomic E-state index is 12.1. The highest BCUT2D eigenvalue weighted by molar-refractivity contribution is 7.71.